The van der Waals surface area contributed by atoms with E-state index in [0.29, 0.717) is 11.4 Å². The second-order valence-corrected chi connectivity index (χ2v) is 7.08. The number of aromatic nitrogens is 2. The molecule has 1 N–H and O–H groups in total. The summed E-state index contributed by atoms with van der Waals surface area (Å²) >= 11 is 1.47. The molecule has 1 aromatic carbocycles. The van der Waals surface area contributed by atoms with Crippen LogP contribution >= 0.6 is 11.3 Å². The van der Waals surface area contributed by atoms with Gasteiger partial charge in [0.2, 0.25) is 0 Å². The Morgan fingerprint density at radius 2 is 2.25 bits per heavy atom. The van der Waals surface area contributed by atoms with Crippen molar-refractivity contribution in [1.29, 1.82) is 0 Å². The van der Waals surface area contributed by atoms with E-state index >= 15 is 0 Å². The van der Waals surface area contributed by atoms with Crippen LogP contribution in [0.3, 0.4) is 0 Å². The maximum Gasteiger partial charge on any atom is 0.261 e. The van der Waals surface area contributed by atoms with Gasteiger partial charge in [0.05, 0.1) is 26.9 Å². The van der Waals surface area contributed by atoms with Gasteiger partial charge in [-0.25, -0.2) is 4.98 Å². The number of imidazole rings is 1. The molecule has 3 aromatic rings. The number of hydrogen-bond donors (Lipinski definition) is 1. The third kappa shape index (κ3) is 2.83. The molecule has 0 bridgehead atoms. The van der Waals surface area contributed by atoms with E-state index in [4.69, 9.17) is 4.74 Å². The molecule has 0 aliphatic carbocycles. The highest BCUT2D eigenvalue weighted by Crippen LogP contribution is 2.29. The Hall–Kier alpha value is -2.18. The third-order valence-electron chi connectivity index (χ3n) is 4.35. The van der Waals surface area contributed by atoms with Gasteiger partial charge in [-0.15, -0.1) is 11.3 Å². The van der Waals surface area contributed by atoms with E-state index in [1.165, 1.54) is 11.3 Å². The van der Waals surface area contributed by atoms with Gasteiger partial charge in [0.15, 0.2) is 5.82 Å². The first-order valence-electron chi connectivity index (χ1n) is 8.14. The van der Waals surface area contributed by atoms with E-state index < -0.39 is 0 Å². The lowest BCUT2D eigenvalue weighted by Crippen LogP contribution is -2.31. The van der Waals surface area contributed by atoms with Gasteiger partial charge in [0.25, 0.3) is 5.91 Å². The van der Waals surface area contributed by atoms with Crippen LogP contribution in [0.2, 0.25) is 0 Å². The molecule has 1 atom stereocenters. The van der Waals surface area contributed by atoms with Crippen molar-refractivity contribution in [2.24, 2.45) is 7.05 Å². The molecular weight excluding hydrogens is 322 g/mol. The zero-order valence-electron chi connectivity index (χ0n) is 13.5. The Morgan fingerprint density at radius 1 is 1.38 bits per heavy atom. The molecule has 1 saturated heterocycles. The molecule has 1 unspecified atom stereocenters. The molecule has 2 aromatic heterocycles. The first kappa shape index (κ1) is 15.4. The van der Waals surface area contributed by atoms with Gasteiger partial charge in [-0.2, -0.15) is 0 Å². The molecule has 0 saturated carbocycles. The average molecular weight is 341 g/mol. The minimum absolute atomic E-state index is 0.0412. The number of amides is 1. The molecule has 5 nitrogen and oxygen atoms in total. The lowest BCUT2D eigenvalue weighted by Gasteiger charge is -2.09. The van der Waals surface area contributed by atoms with Gasteiger partial charge in [-0.3, -0.25) is 4.79 Å². The second kappa shape index (κ2) is 6.37. The topological polar surface area (TPSA) is 56.2 Å². The van der Waals surface area contributed by atoms with Gasteiger partial charge in [0, 0.05) is 20.2 Å². The SMILES string of the molecule is Cn1c(-c2ccc(C(=O)NCC3CCCO3)s2)nc2ccccc21. The zero-order valence-corrected chi connectivity index (χ0v) is 14.3. The summed E-state index contributed by atoms with van der Waals surface area (Å²) in [7, 11) is 2.00. The molecule has 24 heavy (non-hydrogen) atoms. The van der Waals surface area contributed by atoms with Crippen LogP contribution in [-0.4, -0.2) is 34.7 Å². The van der Waals surface area contributed by atoms with Gasteiger partial charge < -0.3 is 14.6 Å². The van der Waals surface area contributed by atoms with Crippen molar-refractivity contribution in [2.75, 3.05) is 13.2 Å². The Labute approximate surface area is 144 Å². The molecule has 0 spiro atoms. The molecule has 0 radical (unpaired) electrons. The van der Waals surface area contributed by atoms with Gasteiger partial charge in [-0.1, -0.05) is 12.1 Å². The van der Waals surface area contributed by atoms with E-state index in [1.807, 2.05) is 37.4 Å². The summed E-state index contributed by atoms with van der Waals surface area (Å²) in [4.78, 5) is 18.7. The lowest BCUT2D eigenvalue weighted by molar-refractivity contribution is 0.0861. The summed E-state index contributed by atoms with van der Waals surface area (Å²) in [5.74, 6) is 0.847. The maximum absolute atomic E-state index is 12.3. The number of para-hydroxylation sites is 2. The van der Waals surface area contributed by atoms with E-state index in [-0.39, 0.29) is 12.0 Å². The number of fused-ring (bicyclic) bond motifs is 1. The van der Waals surface area contributed by atoms with Crippen molar-refractivity contribution in [3.8, 4) is 10.7 Å². The Balaban J connectivity index is 1.53. The third-order valence-corrected chi connectivity index (χ3v) is 5.43. The van der Waals surface area contributed by atoms with Crippen LogP contribution in [0.25, 0.3) is 21.7 Å². The molecular formula is C18H19N3O2S. The Morgan fingerprint density at radius 3 is 3.04 bits per heavy atom. The maximum atomic E-state index is 12.3. The molecule has 124 valence electrons. The Kier molecular flexibility index (Phi) is 4.08. The molecule has 1 aliphatic heterocycles. The monoisotopic (exact) mass is 341 g/mol. The van der Waals surface area contributed by atoms with Crippen molar-refractivity contribution in [3.63, 3.8) is 0 Å². The number of carbonyl (C=O) groups excluding carboxylic acids is 1. The highest BCUT2D eigenvalue weighted by atomic mass is 32.1. The highest BCUT2D eigenvalue weighted by Gasteiger charge is 2.18. The standard InChI is InChI=1S/C18H19N3O2S/c1-21-14-7-3-2-6-13(14)20-17(21)15-8-9-16(24-15)18(22)19-11-12-5-4-10-23-12/h2-3,6-9,12H,4-5,10-11H2,1H3,(H,19,22). The van der Waals surface area contributed by atoms with Gasteiger partial charge in [0.1, 0.15) is 0 Å². The van der Waals surface area contributed by atoms with Crippen LogP contribution in [0.5, 0.6) is 0 Å². The van der Waals surface area contributed by atoms with Crippen LogP contribution in [0.4, 0.5) is 0 Å². The number of aryl methyl sites for hydroxylation is 1. The van der Waals surface area contributed by atoms with Crippen LogP contribution in [0.15, 0.2) is 36.4 Å². The fourth-order valence-electron chi connectivity index (χ4n) is 3.04. The fourth-order valence-corrected chi connectivity index (χ4v) is 3.99. The highest BCUT2D eigenvalue weighted by molar-refractivity contribution is 7.17. The molecule has 1 aliphatic rings. The molecule has 1 amide bonds. The minimum Gasteiger partial charge on any atom is -0.376 e. The number of ether oxygens (including phenoxy) is 1. The first-order valence-corrected chi connectivity index (χ1v) is 8.95. The number of nitrogens with one attached hydrogen (secondary N) is 1. The predicted octanol–water partition coefficient (Wildman–Crippen LogP) is 3.21. The number of carbonyl (C=O) groups is 1. The summed E-state index contributed by atoms with van der Waals surface area (Å²) in [6, 6.07) is 11.9. The summed E-state index contributed by atoms with van der Waals surface area (Å²) in [5.41, 5.74) is 2.05. The molecule has 6 heteroatoms. The van der Waals surface area contributed by atoms with Crippen molar-refractivity contribution in [2.45, 2.75) is 18.9 Å². The summed E-state index contributed by atoms with van der Waals surface area (Å²) in [6.07, 6.45) is 2.26. The van der Waals surface area contributed by atoms with Crippen molar-refractivity contribution >= 4 is 28.3 Å². The number of thiophene rings is 1. The summed E-state index contributed by atoms with van der Waals surface area (Å²) in [5, 5.41) is 2.97. The van der Waals surface area contributed by atoms with Gasteiger partial charge >= 0.3 is 0 Å². The molecule has 1 fully saturated rings. The largest absolute Gasteiger partial charge is 0.376 e. The zero-order chi connectivity index (χ0) is 16.5. The number of hydrogen-bond acceptors (Lipinski definition) is 4. The van der Waals surface area contributed by atoms with Crippen molar-refractivity contribution in [3.05, 3.63) is 41.3 Å². The van der Waals surface area contributed by atoms with Crippen LogP contribution in [0.1, 0.15) is 22.5 Å². The fraction of sp³-hybridized carbons (Fsp3) is 0.333. The first-order chi connectivity index (χ1) is 11.7. The minimum atomic E-state index is -0.0412. The van der Waals surface area contributed by atoms with Crippen LogP contribution in [-0.2, 0) is 11.8 Å². The van der Waals surface area contributed by atoms with E-state index in [9.17, 15) is 4.79 Å². The van der Waals surface area contributed by atoms with Crippen LogP contribution in [0, 0.1) is 0 Å². The molecule has 4 rings (SSSR count). The average Bonchev–Trinajstić information content (AvgIpc) is 3.33. The lowest BCUT2D eigenvalue weighted by atomic mass is 10.2. The normalized spacial score (nSPS) is 17.5. The number of rotatable bonds is 4. The van der Waals surface area contributed by atoms with Crippen molar-refractivity contribution in [1.82, 2.24) is 14.9 Å². The smallest absolute Gasteiger partial charge is 0.261 e. The number of nitrogens with zero attached hydrogens (tertiary/aromatic N) is 2. The van der Waals surface area contributed by atoms with Crippen molar-refractivity contribution < 1.29 is 9.53 Å². The van der Waals surface area contributed by atoms with Crippen LogP contribution < -0.4 is 5.32 Å². The predicted molar refractivity (Wildman–Crippen MR) is 95.3 cm³/mol. The van der Waals surface area contributed by atoms with Gasteiger partial charge in [-0.05, 0) is 37.1 Å². The Bertz CT molecular complexity index is 877. The molecule has 3 heterocycles. The summed E-state index contributed by atoms with van der Waals surface area (Å²) in [6.45, 7) is 1.38. The van der Waals surface area contributed by atoms with E-state index in [1.54, 1.807) is 0 Å². The number of benzene rings is 1. The summed E-state index contributed by atoms with van der Waals surface area (Å²) < 4.78 is 7.60. The second-order valence-electron chi connectivity index (χ2n) is 5.99. The quantitative estimate of drug-likeness (QED) is 0.793. The van der Waals surface area contributed by atoms with E-state index in [0.717, 1.165) is 41.2 Å². The van der Waals surface area contributed by atoms with E-state index in [2.05, 4.69) is 20.9 Å².